The van der Waals surface area contributed by atoms with Gasteiger partial charge >= 0.3 is 0 Å². The van der Waals surface area contributed by atoms with E-state index in [9.17, 15) is 8.78 Å². The highest BCUT2D eigenvalue weighted by molar-refractivity contribution is 5.45. The molecule has 0 fully saturated rings. The lowest BCUT2D eigenvalue weighted by Crippen LogP contribution is -1.99. The second kappa shape index (κ2) is 5.49. The molecule has 0 saturated heterocycles. The highest BCUT2D eigenvalue weighted by Crippen LogP contribution is 2.18. The van der Waals surface area contributed by atoms with Crippen LogP contribution in [0, 0.1) is 11.6 Å². The zero-order valence-corrected chi connectivity index (χ0v) is 9.91. The van der Waals surface area contributed by atoms with E-state index in [2.05, 4.69) is 5.32 Å². The van der Waals surface area contributed by atoms with Crippen molar-refractivity contribution >= 4 is 5.69 Å². The van der Waals surface area contributed by atoms with E-state index in [0.29, 0.717) is 5.75 Å². The van der Waals surface area contributed by atoms with Gasteiger partial charge in [-0.3, -0.25) is 0 Å². The van der Waals surface area contributed by atoms with Gasteiger partial charge in [0.1, 0.15) is 24.0 Å². The molecule has 4 heteroatoms. The molecule has 0 heterocycles. The van der Waals surface area contributed by atoms with Crippen molar-refractivity contribution in [2.45, 2.75) is 6.61 Å². The fourth-order valence-electron chi connectivity index (χ4n) is 1.53. The maximum Gasteiger partial charge on any atom is 0.130 e. The second-order valence-corrected chi connectivity index (χ2v) is 3.80. The van der Waals surface area contributed by atoms with Gasteiger partial charge in [0.05, 0.1) is 0 Å². The maximum absolute atomic E-state index is 13.3. The van der Waals surface area contributed by atoms with Crippen molar-refractivity contribution in [2.75, 3.05) is 12.4 Å². The molecule has 2 rings (SSSR count). The SMILES string of the molecule is CNc1ccc(OCc2cc(F)ccc2F)cc1. The first-order valence-corrected chi connectivity index (χ1v) is 5.53. The van der Waals surface area contributed by atoms with E-state index in [0.717, 1.165) is 23.9 Å². The van der Waals surface area contributed by atoms with Crippen molar-refractivity contribution in [1.29, 1.82) is 0 Å². The first-order valence-electron chi connectivity index (χ1n) is 5.53. The van der Waals surface area contributed by atoms with Crippen LogP contribution in [0.4, 0.5) is 14.5 Å². The molecular weight excluding hydrogens is 236 g/mol. The summed E-state index contributed by atoms with van der Waals surface area (Å²) in [6, 6.07) is 10.5. The number of ether oxygens (including phenoxy) is 1. The van der Waals surface area contributed by atoms with Crippen LogP contribution in [0.15, 0.2) is 42.5 Å². The zero-order valence-electron chi connectivity index (χ0n) is 9.91. The summed E-state index contributed by atoms with van der Waals surface area (Å²) in [7, 11) is 1.82. The molecule has 0 bridgehead atoms. The van der Waals surface area contributed by atoms with Crippen LogP contribution in [0.3, 0.4) is 0 Å². The molecule has 2 nitrogen and oxygen atoms in total. The van der Waals surface area contributed by atoms with E-state index in [1.807, 2.05) is 19.2 Å². The van der Waals surface area contributed by atoms with E-state index in [1.54, 1.807) is 12.1 Å². The summed E-state index contributed by atoms with van der Waals surface area (Å²) in [5, 5.41) is 2.98. The average molecular weight is 249 g/mol. The van der Waals surface area contributed by atoms with Crippen LogP contribution in [0.1, 0.15) is 5.56 Å². The molecule has 1 N–H and O–H groups in total. The number of halogens is 2. The number of nitrogens with one attached hydrogen (secondary N) is 1. The summed E-state index contributed by atoms with van der Waals surface area (Å²) in [5.41, 5.74) is 1.16. The van der Waals surface area contributed by atoms with Gasteiger partial charge in [0.15, 0.2) is 0 Å². The molecule has 0 saturated carbocycles. The van der Waals surface area contributed by atoms with Gasteiger partial charge in [0, 0.05) is 18.3 Å². The Morgan fingerprint density at radius 2 is 1.78 bits per heavy atom. The largest absolute Gasteiger partial charge is 0.489 e. The highest BCUT2D eigenvalue weighted by Gasteiger charge is 2.04. The molecule has 2 aromatic rings. The van der Waals surface area contributed by atoms with E-state index >= 15 is 0 Å². The summed E-state index contributed by atoms with van der Waals surface area (Å²) in [4.78, 5) is 0. The molecule has 18 heavy (non-hydrogen) atoms. The third-order valence-electron chi connectivity index (χ3n) is 2.55. The van der Waals surface area contributed by atoms with Crippen LogP contribution >= 0.6 is 0 Å². The Bertz CT molecular complexity index is 526. The van der Waals surface area contributed by atoms with Crippen molar-refractivity contribution in [3.63, 3.8) is 0 Å². The van der Waals surface area contributed by atoms with Crippen molar-refractivity contribution in [2.24, 2.45) is 0 Å². The Hall–Kier alpha value is -2.10. The van der Waals surface area contributed by atoms with Gasteiger partial charge in [-0.2, -0.15) is 0 Å². The van der Waals surface area contributed by atoms with Crippen molar-refractivity contribution < 1.29 is 13.5 Å². The number of anilines is 1. The first-order chi connectivity index (χ1) is 8.69. The highest BCUT2D eigenvalue weighted by atomic mass is 19.1. The van der Waals surface area contributed by atoms with Crippen LogP contribution in [0.5, 0.6) is 5.75 Å². The van der Waals surface area contributed by atoms with Gasteiger partial charge in [-0.1, -0.05) is 0 Å². The van der Waals surface area contributed by atoms with Gasteiger partial charge in [-0.25, -0.2) is 8.78 Å². The van der Waals surface area contributed by atoms with Gasteiger partial charge in [0.2, 0.25) is 0 Å². The zero-order chi connectivity index (χ0) is 13.0. The van der Waals surface area contributed by atoms with E-state index in [1.165, 1.54) is 0 Å². The van der Waals surface area contributed by atoms with Gasteiger partial charge in [0.25, 0.3) is 0 Å². The second-order valence-electron chi connectivity index (χ2n) is 3.80. The summed E-state index contributed by atoms with van der Waals surface area (Å²) in [6.07, 6.45) is 0. The normalized spacial score (nSPS) is 10.2. The molecule has 0 unspecified atom stereocenters. The lowest BCUT2D eigenvalue weighted by Gasteiger charge is -2.08. The van der Waals surface area contributed by atoms with Crippen LogP contribution in [-0.2, 0) is 6.61 Å². The number of rotatable bonds is 4. The van der Waals surface area contributed by atoms with Gasteiger partial charge < -0.3 is 10.1 Å². The van der Waals surface area contributed by atoms with Gasteiger partial charge in [-0.15, -0.1) is 0 Å². The molecule has 0 atom stereocenters. The lowest BCUT2D eigenvalue weighted by atomic mass is 10.2. The number of hydrogen-bond donors (Lipinski definition) is 1. The van der Waals surface area contributed by atoms with Crippen LogP contribution in [-0.4, -0.2) is 7.05 Å². The Morgan fingerprint density at radius 3 is 2.44 bits per heavy atom. The minimum Gasteiger partial charge on any atom is -0.489 e. The fourth-order valence-corrected chi connectivity index (χ4v) is 1.53. The Labute approximate surface area is 104 Å². The molecular formula is C14H13F2NO. The molecule has 2 aromatic carbocycles. The fraction of sp³-hybridized carbons (Fsp3) is 0.143. The quantitative estimate of drug-likeness (QED) is 0.894. The van der Waals surface area contributed by atoms with Crippen molar-refractivity contribution in [1.82, 2.24) is 0 Å². The molecule has 0 radical (unpaired) electrons. The maximum atomic E-state index is 13.3. The monoisotopic (exact) mass is 249 g/mol. The third kappa shape index (κ3) is 2.97. The van der Waals surface area contributed by atoms with Gasteiger partial charge in [-0.05, 0) is 42.5 Å². The lowest BCUT2D eigenvalue weighted by molar-refractivity contribution is 0.299. The summed E-state index contributed by atoms with van der Waals surface area (Å²) in [5.74, 6) is -0.332. The molecule has 0 aliphatic rings. The molecule has 0 aromatic heterocycles. The van der Waals surface area contributed by atoms with Crippen molar-refractivity contribution in [3.8, 4) is 5.75 Å². The minimum absolute atomic E-state index is 0.00247. The van der Waals surface area contributed by atoms with E-state index in [4.69, 9.17) is 4.74 Å². The third-order valence-corrected chi connectivity index (χ3v) is 2.55. The standard InChI is InChI=1S/C14H13F2NO/c1-17-12-3-5-13(6-4-12)18-9-10-8-11(15)2-7-14(10)16/h2-8,17H,9H2,1H3. The summed E-state index contributed by atoms with van der Waals surface area (Å²) in [6.45, 7) is 0.00247. The molecule has 0 aliphatic carbocycles. The molecule has 0 amide bonds. The smallest absolute Gasteiger partial charge is 0.130 e. The Kier molecular flexibility index (Phi) is 3.77. The minimum atomic E-state index is -0.472. The predicted molar refractivity (Wildman–Crippen MR) is 66.7 cm³/mol. The number of hydrogen-bond acceptors (Lipinski definition) is 2. The summed E-state index contributed by atoms with van der Waals surface area (Å²) < 4.78 is 31.7. The molecule has 0 spiro atoms. The van der Waals surface area contributed by atoms with Crippen LogP contribution in [0.2, 0.25) is 0 Å². The van der Waals surface area contributed by atoms with E-state index < -0.39 is 11.6 Å². The predicted octanol–water partition coefficient (Wildman–Crippen LogP) is 3.59. The Morgan fingerprint density at radius 1 is 1.06 bits per heavy atom. The van der Waals surface area contributed by atoms with E-state index in [-0.39, 0.29) is 12.2 Å². The van der Waals surface area contributed by atoms with Crippen LogP contribution in [0.25, 0.3) is 0 Å². The topological polar surface area (TPSA) is 21.3 Å². The molecule has 94 valence electrons. The first kappa shape index (κ1) is 12.4. The van der Waals surface area contributed by atoms with Crippen molar-refractivity contribution in [3.05, 3.63) is 59.7 Å². The average Bonchev–Trinajstić information content (AvgIpc) is 2.40. The summed E-state index contributed by atoms with van der Waals surface area (Å²) >= 11 is 0. The van der Waals surface area contributed by atoms with Crippen LogP contribution < -0.4 is 10.1 Å². The molecule has 0 aliphatic heterocycles. The Balaban J connectivity index is 2.04. The number of benzene rings is 2.